The number of carbonyl (C=O) groups is 2. The minimum atomic E-state index is 0.00594. The lowest BCUT2D eigenvalue weighted by atomic mass is 10.1. The van der Waals surface area contributed by atoms with E-state index in [0.29, 0.717) is 25.1 Å². The van der Waals surface area contributed by atoms with Crippen molar-refractivity contribution in [2.75, 3.05) is 58.9 Å². The Bertz CT molecular complexity index is 658. The van der Waals surface area contributed by atoms with Crippen LogP contribution < -0.4 is 5.32 Å². The summed E-state index contributed by atoms with van der Waals surface area (Å²) in [6, 6.07) is 7.50. The predicted molar refractivity (Wildman–Crippen MR) is 114 cm³/mol. The zero-order valence-corrected chi connectivity index (χ0v) is 18.1. The van der Waals surface area contributed by atoms with Gasteiger partial charge >= 0.3 is 0 Å². The van der Waals surface area contributed by atoms with Gasteiger partial charge in [-0.3, -0.25) is 9.59 Å². The van der Waals surface area contributed by atoms with Crippen LogP contribution in [0.2, 0.25) is 0 Å². The molecule has 28 heavy (non-hydrogen) atoms. The summed E-state index contributed by atoms with van der Waals surface area (Å²) < 4.78 is 0.895. The van der Waals surface area contributed by atoms with Gasteiger partial charge in [-0.2, -0.15) is 0 Å². The van der Waals surface area contributed by atoms with E-state index in [0.717, 1.165) is 50.3 Å². The molecule has 7 heteroatoms. The molecule has 1 aromatic rings. The van der Waals surface area contributed by atoms with Gasteiger partial charge in [0.2, 0.25) is 5.91 Å². The fourth-order valence-electron chi connectivity index (χ4n) is 3.87. The maximum atomic E-state index is 13.1. The average Bonchev–Trinajstić information content (AvgIpc) is 2.74. The zero-order chi connectivity index (χ0) is 19.8. The third-order valence-electron chi connectivity index (χ3n) is 5.56. The van der Waals surface area contributed by atoms with Crippen molar-refractivity contribution in [1.82, 2.24) is 20.0 Å². The molecule has 1 N–H and O–H groups in total. The molecule has 2 heterocycles. The van der Waals surface area contributed by atoms with Crippen LogP contribution in [0.1, 0.15) is 36.0 Å². The number of likely N-dealkylation sites (tertiary alicyclic amines) is 1. The van der Waals surface area contributed by atoms with Crippen LogP contribution in [0.25, 0.3) is 0 Å². The molecule has 0 saturated carbocycles. The second-order valence-corrected chi connectivity index (χ2v) is 8.50. The Morgan fingerprint density at radius 2 is 1.79 bits per heavy atom. The van der Waals surface area contributed by atoms with Crippen molar-refractivity contribution in [2.24, 2.45) is 0 Å². The van der Waals surface area contributed by atoms with Crippen LogP contribution in [0.3, 0.4) is 0 Å². The van der Waals surface area contributed by atoms with Gasteiger partial charge in [0.1, 0.15) is 0 Å². The minimum absolute atomic E-state index is 0.00594. The summed E-state index contributed by atoms with van der Waals surface area (Å²) in [5, 5.41) is 3.27. The Hall–Kier alpha value is -1.44. The van der Waals surface area contributed by atoms with Crippen LogP contribution in [0.4, 0.5) is 0 Å². The topological polar surface area (TPSA) is 55.9 Å². The second kappa shape index (κ2) is 10.9. The molecule has 2 aliphatic rings. The van der Waals surface area contributed by atoms with Gasteiger partial charge in [-0.25, -0.2) is 0 Å². The normalized spacial score (nSPS) is 18.1. The van der Waals surface area contributed by atoms with E-state index in [1.807, 2.05) is 34.1 Å². The molecule has 0 bridgehead atoms. The molecule has 0 atom stereocenters. The van der Waals surface area contributed by atoms with Crippen LogP contribution in [0.15, 0.2) is 28.7 Å². The van der Waals surface area contributed by atoms with E-state index in [-0.39, 0.29) is 11.8 Å². The van der Waals surface area contributed by atoms with Crippen molar-refractivity contribution >= 4 is 27.7 Å². The molecule has 2 fully saturated rings. The summed E-state index contributed by atoms with van der Waals surface area (Å²) in [5.74, 6) is 0.151. The van der Waals surface area contributed by atoms with Crippen molar-refractivity contribution in [2.45, 2.75) is 25.7 Å². The van der Waals surface area contributed by atoms with Gasteiger partial charge in [-0.15, -0.1) is 0 Å². The molecule has 0 aromatic heterocycles. The summed E-state index contributed by atoms with van der Waals surface area (Å²) in [7, 11) is 0. The van der Waals surface area contributed by atoms with Gasteiger partial charge < -0.3 is 20.0 Å². The third kappa shape index (κ3) is 6.29. The average molecular weight is 451 g/mol. The molecule has 0 radical (unpaired) electrons. The Kier molecular flexibility index (Phi) is 8.30. The van der Waals surface area contributed by atoms with Crippen molar-refractivity contribution in [3.05, 3.63) is 34.3 Å². The van der Waals surface area contributed by atoms with Gasteiger partial charge in [0.15, 0.2) is 0 Å². The highest BCUT2D eigenvalue weighted by molar-refractivity contribution is 9.10. The predicted octanol–water partition coefficient (Wildman–Crippen LogP) is 2.20. The van der Waals surface area contributed by atoms with Crippen LogP contribution in [0, 0.1) is 0 Å². The highest BCUT2D eigenvalue weighted by Crippen LogP contribution is 2.15. The number of amides is 2. The number of benzene rings is 1. The highest BCUT2D eigenvalue weighted by Gasteiger charge is 2.21. The Labute approximate surface area is 176 Å². The number of rotatable bonds is 7. The Balaban J connectivity index is 1.60. The van der Waals surface area contributed by atoms with Crippen LogP contribution in [0.5, 0.6) is 0 Å². The third-order valence-corrected chi connectivity index (χ3v) is 6.05. The molecular weight excluding hydrogens is 420 g/mol. The van der Waals surface area contributed by atoms with Crippen LogP contribution in [-0.4, -0.2) is 85.4 Å². The summed E-state index contributed by atoms with van der Waals surface area (Å²) in [5.41, 5.74) is 0.669. The van der Waals surface area contributed by atoms with Crippen LogP contribution in [-0.2, 0) is 4.79 Å². The van der Waals surface area contributed by atoms with Crippen molar-refractivity contribution in [3.63, 3.8) is 0 Å². The van der Waals surface area contributed by atoms with E-state index in [1.54, 1.807) is 0 Å². The van der Waals surface area contributed by atoms with Gasteiger partial charge in [0.05, 0.1) is 0 Å². The molecule has 3 rings (SSSR count). The fourth-order valence-corrected chi connectivity index (χ4v) is 4.27. The molecule has 6 nitrogen and oxygen atoms in total. The van der Waals surface area contributed by atoms with E-state index < -0.39 is 0 Å². The summed E-state index contributed by atoms with van der Waals surface area (Å²) in [4.78, 5) is 31.9. The number of hydrogen-bond donors (Lipinski definition) is 1. The first-order valence-corrected chi connectivity index (χ1v) is 11.2. The van der Waals surface area contributed by atoms with Crippen molar-refractivity contribution in [1.29, 1.82) is 0 Å². The van der Waals surface area contributed by atoms with E-state index >= 15 is 0 Å². The van der Waals surface area contributed by atoms with E-state index in [4.69, 9.17) is 0 Å². The monoisotopic (exact) mass is 450 g/mol. The van der Waals surface area contributed by atoms with Gasteiger partial charge in [0.25, 0.3) is 5.91 Å². The summed E-state index contributed by atoms with van der Waals surface area (Å²) in [6.45, 7) is 7.45. The molecule has 0 unspecified atom stereocenters. The Morgan fingerprint density at radius 3 is 2.50 bits per heavy atom. The van der Waals surface area contributed by atoms with Crippen molar-refractivity contribution < 1.29 is 9.59 Å². The number of nitrogens with one attached hydrogen (secondary N) is 1. The first-order chi connectivity index (χ1) is 13.6. The number of piperidine rings is 1. The minimum Gasteiger partial charge on any atom is -0.340 e. The first kappa shape index (κ1) is 21.3. The number of nitrogens with zero attached hydrogens (tertiary/aromatic N) is 3. The smallest absolute Gasteiger partial charge is 0.253 e. The number of carbonyl (C=O) groups excluding carboxylic acids is 2. The standard InChI is InChI=1S/C21H31BrN4O2/c22-19-6-4-5-18(17-19)21(28)26(16-15-24-10-2-1-3-11-24)12-7-20(27)25-13-8-23-9-14-25/h4-6,17,23H,1-3,7-16H2. The molecule has 0 aliphatic carbocycles. The molecule has 2 aliphatic heterocycles. The summed E-state index contributed by atoms with van der Waals surface area (Å²) in [6.07, 6.45) is 4.16. The summed E-state index contributed by atoms with van der Waals surface area (Å²) >= 11 is 3.45. The maximum Gasteiger partial charge on any atom is 0.253 e. The largest absolute Gasteiger partial charge is 0.340 e. The lowest BCUT2D eigenvalue weighted by Gasteiger charge is -2.31. The number of halogens is 1. The van der Waals surface area contributed by atoms with E-state index in [9.17, 15) is 9.59 Å². The van der Waals surface area contributed by atoms with Gasteiger partial charge in [-0.1, -0.05) is 28.4 Å². The zero-order valence-electron chi connectivity index (χ0n) is 16.5. The number of hydrogen-bond acceptors (Lipinski definition) is 4. The van der Waals surface area contributed by atoms with E-state index in [1.165, 1.54) is 19.3 Å². The molecule has 2 amide bonds. The highest BCUT2D eigenvalue weighted by atomic mass is 79.9. The lowest BCUT2D eigenvalue weighted by Crippen LogP contribution is -2.47. The quantitative estimate of drug-likeness (QED) is 0.691. The van der Waals surface area contributed by atoms with E-state index in [2.05, 4.69) is 26.1 Å². The Morgan fingerprint density at radius 1 is 1.04 bits per heavy atom. The molecule has 1 aromatic carbocycles. The molecule has 154 valence electrons. The van der Waals surface area contributed by atoms with Crippen molar-refractivity contribution in [3.8, 4) is 0 Å². The number of piperazine rings is 1. The van der Waals surface area contributed by atoms with Crippen LogP contribution >= 0.6 is 15.9 Å². The SMILES string of the molecule is O=C(CCN(CCN1CCCCC1)C(=O)c1cccc(Br)c1)N1CCNCC1. The van der Waals surface area contributed by atoms with Gasteiger partial charge in [0, 0.05) is 62.3 Å². The molecular formula is C21H31BrN4O2. The molecule has 0 spiro atoms. The lowest BCUT2D eigenvalue weighted by molar-refractivity contribution is -0.131. The van der Waals surface area contributed by atoms with Gasteiger partial charge in [-0.05, 0) is 44.1 Å². The fraction of sp³-hybridized carbons (Fsp3) is 0.619. The maximum absolute atomic E-state index is 13.1. The first-order valence-electron chi connectivity index (χ1n) is 10.4. The molecule has 2 saturated heterocycles. The second-order valence-electron chi connectivity index (χ2n) is 7.59.